The maximum absolute atomic E-state index is 5.65. The molecule has 0 radical (unpaired) electrons. The van der Waals surface area contributed by atoms with Gasteiger partial charge in [-0.05, 0) is 6.42 Å². The number of unbranched alkanes of at least 4 members (excludes halogenated alkanes) is 2. The molecule has 0 N–H and O–H groups in total. The molecule has 0 unspecified atom stereocenters. The molecule has 0 aliphatic heterocycles. The Morgan fingerprint density at radius 2 is 2.36 bits per heavy atom. The van der Waals surface area contributed by atoms with Crippen molar-refractivity contribution >= 4 is 22.9 Å². The summed E-state index contributed by atoms with van der Waals surface area (Å²) in [4.78, 5) is 4.31. The van der Waals surface area contributed by atoms with Crippen LogP contribution in [0.4, 0.5) is 0 Å². The van der Waals surface area contributed by atoms with Crippen molar-refractivity contribution in [3.05, 3.63) is 16.1 Å². The quantitative estimate of drug-likeness (QED) is 0.531. The van der Waals surface area contributed by atoms with E-state index in [1.807, 2.05) is 5.38 Å². The number of hydrogen-bond acceptors (Lipinski definition) is 3. The zero-order chi connectivity index (χ0) is 10.2. The summed E-state index contributed by atoms with van der Waals surface area (Å²) >= 11 is 7.26. The van der Waals surface area contributed by atoms with E-state index in [0.29, 0.717) is 12.5 Å². The van der Waals surface area contributed by atoms with Gasteiger partial charge in [-0.1, -0.05) is 19.8 Å². The molecule has 80 valence electrons. The molecule has 1 heterocycles. The normalized spacial score (nSPS) is 10.7. The van der Waals surface area contributed by atoms with Crippen LogP contribution in [0.15, 0.2) is 5.38 Å². The molecule has 0 amide bonds. The number of aromatic nitrogens is 1. The maximum Gasteiger partial charge on any atom is 0.119 e. The van der Waals surface area contributed by atoms with Gasteiger partial charge in [0.15, 0.2) is 0 Å². The Hall–Kier alpha value is -0.120. The molecular weight excluding hydrogens is 218 g/mol. The van der Waals surface area contributed by atoms with Crippen LogP contribution in [-0.2, 0) is 17.2 Å². The lowest BCUT2D eigenvalue weighted by Crippen LogP contribution is -1.95. The second-order valence-corrected chi connectivity index (χ2v) is 4.34. The lowest BCUT2D eigenvalue weighted by molar-refractivity contribution is 0.117. The van der Waals surface area contributed by atoms with Crippen LogP contribution in [0.2, 0.25) is 0 Å². The van der Waals surface area contributed by atoms with Crippen molar-refractivity contribution in [3.8, 4) is 0 Å². The molecule has 0 atom stereocenters. The highest BCUT2D eigenvalue weighted by Gasteiger charge is 2.00. The summed E-state index contributed by atoms with van der Waals surface area (Å²) in [5.41, 5.74) is 0.948. The standard InChI is InChI=1S/C10H16ClNOS/c1-2-3-4-5-13-7-10-12-9(6-11)8-14-10/h8H,2-7H2,1H3. The van der Waals surface area contributed by atoms with Crippen LogP contribution >= 0.6 is 22.9 Å². The van der Waals surface area contributed by atoms with Gasteiger partial charge >= 0.3 is 0 Å². The van der Waals surface area contributed by atoms with E-state index in [4.69, 9.17) is 16.3 Å². The number of alkyl halides is 1. The Morgan fingerprint density at radius 3 is 3.00 bits per heavy atom. The first-order valence-electron chi connectivity index (χ1n) is 4.93. The molecule has 0 aliphatic carbocycles. The SMILES string of the molecule is CCCCCOCc1nc(CCl)cs1. The Kier molecular flexibility index (Phi) is 6.15. The Balaban J connectivity index is 2.12. The average molecular weight is 234 g/mol. The van der Waals surface area contributed by atoms with Crippen molar-refractivity contribution in [1.29, 1.82) is 0 Å². The molecule has 0 saturated carbocycles. The molecule has 2 nitrogen and oxygen atoms in total. The van der Waals surface area contributed by atoms with E-state index < -0.39 is 0 Å². The number of rotatable bonds is 7. The van der Waals surface area contributed by atoms with Crippen molar-refractivity contribution in [1.82, 2.24) is 4.98 Å². The van der Waals surface area contributed by atoms with Crippen molar-refractivity contribution in [2.45, 2.75) is 38.7 Å². The molecule has 0 fully saturated rings. The second kappa shape index (κ2) is 7.21. The van der Waals surface area contributed by atoms with Gasteiger partial charge in [0.1, 0.15) is 5.01 Å². The minimum Gasteiger partial charge on any atom is -0.374 e. The molecule has 0 spiro atoms. The van der Waals surface area contributed by atoms with Crippen LogP contribution in [0, 0.1) is 0 Å². The van der Waals surface area contributed by atoms with Gasteiger partial charge in [-0.15, -0.1) is 22.9 Å². The molecule has 0 saturated heterocycles. The van der Waals surface area contributed by atoms with E-state index in [0.717, 1.165) is 23.7 Å². The fraction of sp³-hybridized carbons (Fsp3) is 0.700. The predicted molar refractivity (Wildman–Crippen MR) is 60.9 cm³/mol. The smallest absolute Gasteiger partial charge is 0.119 e. The number of thiazole rings is 1. The van der Waals surface area contributed by atoms with Crippen molar-refractivity contribution < 1.29 is 4.74 Å². The van der Waals surface area contributed by atoms with Gasteiger partial charge in [-0.25, -0.2) is 4.98 Å². The summed E-state index contributed by atoms with van der Waals surface area (Å²) in [6.45, 7) is 3.66. The monoisotopic (exact) mass is 233 g/mol. The van der Waals surface area contributed by atoms with Crippen LogP contribution in [0.3, 0.4) is 0 Å². The molecule has 1 aromatic heterocycles. The third-order valence-electron chi connectivity index (χ3n) is 1.85. The Morgan fingerprint density at radius 1 is 1.50 bits per heavy atom. The molecular formula is C10H16ClNOS. The van der Waals surface area contributed by atoms with Crippen LogP contribution in [0.5, 0.6) is 0 Å². The van der Waals surface area contributed by atoms with E-state index in [2.05, 4.69) is 11.9 Å². The molecule has 1 rings (SSSR count). The van der Waals surface area contributed by atoms with E-state index in [-0.39, 0.29) is 0 Å². The van der Waals surface area contributed by atoms with Crippen molar-refractivity contribution in [2.24, 2.45) is 0 Å². The minimum atomic E-state index is 0.492. The maximum atomic E-state index is 5.65. The van der Waals surface area contributed by atoms with E-state index in [9.17, 15) is 0 Å². The van der Waals surface area contributed by atoms with Crippen molar-refractivity contribution in [2.75, 3.05) is 6.61 Å². The van der Waals surface area contributed by atoms with Crippen LogP contribution in [0.1, 0.15) is 36.9 Å². The zero-order valence-corrected chi connectivity index (χ0v) is 10.0. The molecule has 0 aromatic carbocycles. The molecule has 4 heteroatoms. The second-order valence-electron chi connectivity index (χ2n) is 3.13. The third kappa shape index (κ3) is 4.40. The van der Waals surface area contributed by atoms with Crippen LogP contribution < -0.4 is 0 Å². The zero-order valence-electron chi connectivity index (χ0n) is 8.46. The van der Waals surface area contributed by atoms with Gasteiger partial charge < -0.3 is 4.74 Å². The highest BCUT2D eigenvalue weighted by molar-refractivity contribution is 7.09. The molecule has 0 bridgehead atoms. The van der Waals surface area contributed by atoms with E-state index in [1.165, 1.54) is 12.8 Å². The number of halogens is 1. The number of ether oxygens (including phenoxy) is 1. The first kappa shape index (κ1) is 12.0. The summed E-state index contributed by atoms with van der Waals surface area (Å²) in [5.74, 6) is 0.492. The third-order valence-corrected chi connectivity index (χ3v) is 3.00. The van der Waals surface area contributed by atoms with E-state index >= 15 is 0 Å². The average Bonchev–Trinajstić information content (AvgIpc) is 2.65. The summed E-state index contributed by atoms with van der Waals surface area (Å²) in [5, 5.41) is 3.01. The van der Waals surface area contributed by atoms with Crippen molar-refractivity contribution in [3.63, 3.8) is 0 Å². The first-order chi connectivity index (χ1) is 6.86. The van der Waals surface area contributed by atoms with Gasteiger partial charge in [0, 0.05) is 12.0 Å². The Bertz CT molecular complexity index is 252. The molecule has 0 aliphatic rings. The predicted octanol–water partition coefficient (Wildman–Crippen LogP) is 3.59. The summed E-state index contributed by atoms with van der Waals surface area (Å²) < 4.78 is 5.48. The largest absolute Gasteiger partial charge is 0.374 e. The molecule has 14 heavy (non-hydrogen) atoms. The minimum absolute atomic E-state index is 0.492. The fourth-order valence-corrected chi connectivity index (χ4v) is 2.05. The summed E-state index contributed by atoms with van der Waals surface area (Å²) in [6, 6.07) is 0. The highest BCUT2D eigenvalue weighted by Crippen LogP contribution is 2.12. The van der Waals surface area contributed by atoms with Gasteiger partial charge in [-0.2, -0.15) is 0 Å². The topological polar surface area (TPSA) is 22.1 Å². The van der Waals surface area contributed by atoms with Gasteiger partial charge in [0.2, 0.25) is 0 Å². The fourth-order valence-electron chi connectivity index (χ4n) is 1.09. The molecule has 1 aromatic rings. The first-order valence-corrected chi connectivity index (χ1v) is 6.35. The number of nitrogens with zero attached hydrogens (tertiary/aromatic N) is 1. The van der Waals surface area contributed by atoms with Gasteiger partial charge in [0.25, 0.3) is 0 Å². The van der Waals surface area contributed by atoms with Crippen LogP contribution in [-0.4, -0.2) is 11.6 Å². The van der Waals surface area contributed by atoms with Gasteiger partial charge in [0.05, 0.1) is 18.2 Å². The summed E-state index contributed by atoms with van der Waals surface area (Å²) in [6.07, 6.45) is 3.62. The van der Waals surface area contributed by atoms with E-state index in [1.54, 1.807) is 11.3 Å². The van der Waals surface area contributed by atoms with Gasteiger partial charge in [-0.3, -0.25) is 0 Å². The lowest BCUT2D eigenvalue weighted by atomic mass is 10.3. The summed E-state index contributed by atoms with van der Waals surface area (Å²) in [7, 11) is 0. The lowest BCUT2D eigenvalue weighted by Gasteiger charge is -2.00. The highest BCUT2D eigenvalue weighted by atomic mass is 35.5. The number of hydrogen-bond donors (Lipinski definition) is 0. The Labute approximate surface area is 94.3 Å². The van der Waals surface area contributed by atoms with Crippen LogP contribution in [0.25, 0.3) is 0 Å².